The Labute approximate surface area is 67.0 Å². The third kappa shape index (κ3) is 8.54. The first kappa shape index (κ1) is 9.54. The molecule has 9 heavy (non-hydrogen) atoms. The minimum atomic E-state index is -1.60. The zero-order valence-electron chi connectivity index (χ0n) is 6.46. The van der Waals surface area contributed by atoms with E-state index in [-0.39, 0.29) is 0 Å². The van der Waals surface area contributed by atoms with E-state index in [1.807, 2.05) is 0 Å². The van der Waals surface area contributed by atoms with Gasteiger partial charge in [0.15, 0.2) is 0 Å². The van der Waals surface area contributed by atoms with Crippen molar-refractivity contribution in [2.75, 3.05) is 0 Å². The van der Waals surface area contributed by atoms with Crippen LogP contribution in [0.2, 0.25) is 11.5 Å². The van der Waals surface area contributed by atoms with Crippen LogP contribution in [-0.4, -0.2) is 11.4 Å². The van der Waals surface area contributed by atoms with Gasteiger partial charge in [0.1, 0.15) is 0 Å². The molecule has 0 unspecified atom stereocenters. The standard InChI is InChI=1S/C7H13BrGe/c1-7(2)5-6-9(3,4)8/h6H,1-4H3. The van der Waals surface area contributed by atoms with Crippen LogP contribution >= 0.6 is 14.0 Å². The molecule has 0 N–H and O–H groups in total. The Morgan fingerprint density at radius 3 is 2.00 bits per heavy atom. The maximum atomic E-state index is 3.66. The van der Waals surface area contributed by atoms with E-state index in [2.05, 4.69) is 50.0 Å². The van der Waals surface area contributed by atoms with Gasteiger partial charge in [-0.2, -0.15) is 0 Å². The summed E-state index contributed by atoms with van der Waals surface area (Å²) in [6.07, 6.45) is 0. The molecule has 0 rings (SSSR count). The first-order valence-electron chi connectivity index (χ1n) is 3.02. The van der Waals surface area contributed by atoms with Gasteiger partial charge < -0.3 is 0 Å². The van der Waals surface area contributed by atoms with E-state index in [0.29, 0.717) is 0 Å². The van der Waals surface area contributed by atoms with Gasteiger partial charge in [0.25, 0.3) is 0 Å². The predicted octanol–water partition coefficient (Wildman–Crippen LogP) is 3.25. The SMILES string of the molecule is CC(C)=C=[CH][Ge]([CH3])([CH3])[Br]. The summed E-state index contributed by atoms with van der Waals surface area (Å²) in [5, 5.41) is 0. The summed E-state index contributed by atoms with van der Waals surface area (Å²) in [5.74, 6) is 4.55. The Hall–Kier alpha value is 0.543. The average Bonchev–Trinajstić information content (AvgIpc) is 1.59. The van der Waals surface area contributed by atoms with Crippen molar-refractivity contribution in [3.63, 3.8) is 0 Å². The fourth-order valence-electron chi connectivity index (χ4n) is 0.316. The summed E-state index contributed by atoms with van der Waals surface area (Å²) in [5.41, 5.74) is 4.47. The molecule has 0 aromatic rings. The zero-order chi connectivity index (χ0) is 7.49. The first-order chi connectivity index (χ1) is 3.92. The molecule has 0 nitrogen and oxygen atoms in total. The Morgan fingerprint density at radius 2 is 1.89 bits per heavy atom. The topological polar surface area (TPSA) is 0 Å². The average molecular weight is 250 g/mol. The van der Waals surface area contributed by atoms with Crippen molar-refractivity contribution in [2.45, 2.75) is 25.4 Å². The molecule has 0 heterocycles. The normalized spacial score (nSPS) is 10.3. The van der Waals surface area contributed by atoms with Gasteiger partial charge in [-0.15, -0.1) is 0 Å². The van der Waals surface area contributed by atoms with Crippen molar-refractivity contribution >= 4 is 25.4 Å². The van der Waals surface area contributed by atoms with E-state index >= 15 is 0 Å². The summed E-state index contributed by atoms with van der Waals surface area (Å²) in [4.78, 5) is 2.20. The van der Waals surface area contributed by atoms with E-state index in [0.717, 1.165) is 0 Å². The summed E-state index contributed by atoms with van der Waals surface area (Å²) in [6.45, 7) is 4.13. The first-order valence-corrected chi connectivity index (χ1v) is 13.3. The van der Waals surface area contributed by atoms with E-state index in [1.54, 1.807) is 0 Å². The summed E-state index contributed by atoms with van der Waals surface area (Å²) < 4.78 is 0. The van der Waals surface area contributed by atoms with E-state index in [1.165, 1.54) is 5.57 Å². The third-order valence-electron chi connectivity index (χ3n) is 0.704. The zero-order valence-corrected chi connectivity index (χ0v) is 10.1. The molecular formula is C7H13BrGe. The second kappa shape index (κ2) is 3.65. The number of rotatable bonds is 1. The molecule has 0 spiro atoms. The van der Waals surface area contributed by atoms with Gasteiger partial charge in [0, 0.05) is 0 Å². The summed E-state index contributed by atoms with van der Waals surface area (Å²) >= 11 is 2.06. The van der Waals surface area contributed by atoms with E-state index < -0.39 is 11.4 Å². The molecule has 0 atom stereocenters. The molecule has 0 aromatic heterocycles. The van der Waals surface area contributed by atoms with Crippen LogP contribution in [0, 0.1) is 0 Å². The molecule has 0 saturated heterocycles. The quantitative estimate of drug-likeness (QED) is 0.494. The van der Waals surface area contributed by atoms with Gasteiger partial charge in [-0.05, 0) is 0 Å². The van der Waals surface area contributed by atoms with Gasteiger partial charge >= 0.3 is 67.0 Å². The van der Waals surface area contributed by atoms with Crippen molar-refractivity contribution in [2.24, 2.45) is 0 Å². The second-order valence-electron chi connectivity index (χ2n) is 2.85. The van der Waals surface area contributed by atoms with Crippen molar-refractivity contribution < 1.29 is 0 Å². The van der Waals surface area contributed by atoms with E-state index in [4.69, 9.17) is 0 Å². The molecule has 0 aromatic carbocycles. The number of hydrogen-bond acceptors (Lipinski definition) is 0. The van der Waals surface area contributed by atoms with Crippen LogP contribution in [0.5, 0.6) is 0 Å². The number of hydrogen-bond donors (Lipinski definition) is 0. The van der Waals surface area contributed by atoms with Crippen molar-refractivity contribution in [3.8, 4) is 0 Å². The van der Waals surface area contributed by atoms with Crippen LogP contribution in [0.1, 0.15) is 13.8 Å². The molecule has 0 aliphatic carbocycles. The fraction of sp³-hybridized carbons (Fsp3) is 0.571. The van der Waals surface area contributed by atoms with Crippen molar-refractivity contribution in [3.05, 3.63) is 16.2 Å². The monoisotopic (exact) mass is 250 g/mol. The van der Waals surface area contributed by atoms with Crippen LogP contribution in [0.4, 0.5) is 0 Å². The fourth-order valence-corrected chi connectivity index (χ4v) is 2.24. The molecule has 52 valence electrons. The van der Waals surface area contributed by atoms with Gasteiger partial charge in [0.2, 0.25) is 0 Å². The summed E-state index contributed by atoms with van der Waals surface area (Å²) in [7, 11) is 0. The van der Waals surface area contributed by atoms with Gasteiger partial charge in [0.05, 0.1) is 0 Å². The van der Waals surface area contributed by atoms with Crippen LogP contribution < -0.4 is 0 Å². The molecule has 0 saturated carbocycles. The molecule has 0 bridgehead atoms. The van der Waals surface area contributed by atoms with Gasteiger partial charge in [-0.1, -0.05) is 0 Å². The third-order valence-corrected chi connectivity index (χ3v) is 3.64. The Kier molecular flexibility index (Phi) is 3.87. The van der Waals surface area contributed by atoms with Crippen LogP contribution in [0.25, 0.3) is 0 Å². The Morgan fingerprint density at radius 1 is 1.44 bits per heavy atom. The summed E-state index contributed by atoms with van der Waals surface area (Å²) in [6, 6.07) is 0. The van der Waals surface area contributed by atoms with Crippen LogP contribution in [0.3, 0.4) is 0 Å². The second-order valence-corrected chi connectivity index (χ2v) is 20.6. The Bertz CT molecular complexity index is 143. The molecular weight excluding hydrogens is 237 g/mol. The van der Waals surface area contributed by atoms with Crippen molar-refractivity contribution in [1.29, 1.82) is 0 Å². The maximum absolute atomic E-state index is 3.66. The van der Waals surface area contributed by atoms with Crippen LogP contribution in [-0.2, 0) is 0 Å². The minimum absolute atomic E-state index is 1.26. The molecule has 0 fully saturated rings. The number of allylic oxidation sites excluding steroid dienone is 1. The van der Waals surface area contributed by atoms with Crippen LogP contribution in [0.15, 0.2) is 16.2 Å². The Balaban J connectivity index is 4.17. The number of halogens is 1. The van der Waals surface area contributed by atoms with Gasteiger partial charge in [-0.3, -0.25) is 0 Å². The molecule has 0 aliphatic heterocycles. The molecule has 0 radical (unpaired) electrons. The predicted molar refractivity (Wildman–Crippen MR) is 49.4 cm³/mol. The molecule has 0 aliphatic rings. The molecule has 0 amide bonds. The van der Waals surface area contributed by atoms with Crippen molar-refractivity contribution in [1.82, 2.24) is 0 Å². The van der Waals surface area contributed by atoms with Gasteiger partial charge in [-0.25, -0.2) is 0 Å². The van der Waals surface area contributed by atoms with E-state index in [9.17, 15) is 0 Å². The molecule has 2 heteroatoms.